The highest BCUT2D eigenvalue weighted by Gasteiger charge is 2.42. The van der Waals surface area contributed by atoms with Gasteiger partial charge in [-0.05, 0) is 41.7 Å². The monoisotopic (exact) mass is 808 g/mol. The Morgan fingerprint density at radius 3 is 1.90 bits per heavy atom. The second kappa shape index (κ2) is 17.8. The van der Waals surface area contributed by atoms with E-state index in [0.29, 0.717) is 30.0 Å². The predicted molar refractivity (Wildman–Crippen MR) is 221 cm³/mol. The fraction of sp³-hybridized carbons (Fsp3) is 0.267. The maximum atomic E-state index is 13.9. The fourth-order valence-corrected chi connectivity index (χ4v) is 8.20. The first-order valence-corrected chi connectivity index (χ1v) is 20.0. The SMILES string of the molecule is COC(=O)N[C@@H](C(=O)N1CCC[C@H]1c1ncc(-c2ccc(-c3ccc(-c4cnc(C5CCC[NH+]5C(=O)[C@H](NC(=O)OC)c5ccccc5)[nH]4)cc3)nc2)[nH]1)c1ccccc1. The van der Waals surface area contributed by atoms with Gasteiger partial charge in [0, 0.05) is 36.7 Å². The number of ether oxygens (including phenoxy) is 2. The van der Waals surface area contributed by atoms with Crippen molar-refractivity contribution in [2.75, 3.05) is 27.3 Å². The second-order valence-corrected chi connectivity index (χ2v) is 14.9. The third-order valence-electron chi connectivity index (χ3n) is 11.3. The number of carbonyl (C=O) groups excluding carboxylic acids is 4. The van der Waals surface area contributed by atoms with Crippen LogP contribution in [-0.4, -0.2) is 81.1 Å². The van der Waals surface area contributed by atoms with E-state index in [9.17, 15) is 19.2 Å². The van der Waals surface area contributed by atoms with Crippen molar-refractivity contribution >= 4 is 24.0 Å². The zero-order valence-corrected chi connectivity index (χ0v) is 33.3. The van der Waals surface area contributed by atoms with E-state index in [0.717, 1.165) is 70.2 Å². The number of pyridine rings is 1. The van der Waals surface area contributed by atoms with Crippen LogP contribution in [-0.2, 0) is 19.1 Å². The summed E-state index contributed by atoms with van der Waals surface area (Å²) in [5, 5.41) is 5.43. The van der Waals surface area contributed by atoms with Crippen molar-refractivity contribution in [3.63, 3.8) is 0 Å². The number of alkyl carbamates (subject to hydrolysis) is 2. The van der Waals surface area contributed by atoms with E-state index in [1.807, 2.05) is 97.1 Å². The molecule has 2 saturated heterocycles. The molecule has 4 amide bonds. The molecule has 0 radical (unpaired) electrons. The summed E-state index contributed by atoms with van der Waals surface area (Å²) in [6.07, 6.45) is 7.15. The van der Waals surface area contributed by atoms with Crippen molar-refractivity contribution in [2.45, 2.75) is 49.9 Å². The number of methoxy groups -OCH3 is 2. The smallest absolute Gasteiger partial charge is 0.407 e. The number of H-pyrrole nitrogens is 2. The zero-order valence-electron chi connectivity index (χ0n) is 33.3. The van der Waals surface area contributed by atoms with Crippen LogP contribution in [0, 0.1) is 0 Å². The van der Waals surface area contributed by atoms with Crippen molar-refractivity contribution in [2.24, 2.45) is 0 Å². The molecule has 3 aromatic carbocycles. The molecule has 15 heteroatoms. The van der Waals surface area contributed by atoms with Gasteiger partial charge in [-0.3, -0.25) is 14.7 Å². The lowest BCUT2D eigenvalue weighted by molar-refractivity contribution is -0.841. The van der Waals surface area contributed by atoms with Crippen molar-refractivity contribution in [3.05, 3.63) is 138 Å². The van der Waals surface area contributed by atoms with Crippen molar-refractivity contribution in [1.82, 2.24) is 40.5 Å². The van der Waals surface area contributed by atoms with Crippen LogP contribution in [0.4, 0.5) is 9.59 Å². The summed E-state index contributed by atoms with van der Waals surface area (Å²) in [4.78, 5) is 75.8. The Labute approximate surface area is 346 Å². The average molecular weight is 809 g/mol. The summed E-state index contributed by atoms with van der Waals surface area (Å²) in [6, 6.07) is 28.1. The molecule has 8 rings (SSSR count). The number of hydrogen-bond acceptors (Lipinski definition) is 9. The van der Waals surface area contributed by atoms with Crippen LogP contribution in [0.15, 0.2) is 116 Å². The summed E-state index contributed by atoms with van der Waals surface area (Å²) in [6.45, 7) is 1.16. The van der Waals surface area contributed by atoms with E-state index < -0.39 is 24.3 Å². The number of hydrogen-bond donors (Lipinski definition) is 5. The lowest BCUT2D eigenvalue weighted by Gasteiger charge is -2.28. The Morgan fingerprint density at radius 1 is 0.667 bits per heavy atom. The summed E-state index contributed by atoms with van der Waals surface area (Å²) in [5.74, 6) is 1.02. The molecule has 6 aromatic rings. The Balaban J connectivity index is 0.928. The molecule has 2 aliphatic rings. The first-order valence-electron chi connectivity index (χ1n) is 20.0. The highest BCUT2D eigenvalue weighted by Crippen LogP contribution is 2.34. The normalized spacial score (nSPS) is 18.4. The second-order valence-electron chi connectivity index (χ2n) is 14.9. The lowest BCUT2D eigenvalue weighted by Crippen LogP contribution is -3.14. The molecule has 60 heavy (non-hydrogen) atoms. The van der Waals surface area contributed by atoms with Gasteiger partial charge in [0.05, 0.1) is 56.3 Å². The molecule has 0 saturated carbocycles. The van der Waals surface area contributed by atoms with Gasteiger partial charge in [0.25, 0.3) is 5.91 Å². The number of amides is 4. The molecule has 5 atom stereocenters. The molecule has 2 unspecified atom stereocenters. The molecule has 15 nitrogen and oxygen atoms in total. The maximum absolute atomic E-state index is 13.9. The molecule has 5 heterocycles. The summed E-state index contributed by atoms with van der Waals surface area (Å²) in [7, 11) is 2.56. The number of quaternary nitrogens is 1. The van der Waals surface area contributed by atoms with Crippen LogP contribution >= 0.6 is 0 Å². The summed E-state index contributed by atoms with van der Waals surface area (Å²) >= 11 is 0. The Hall–Kier alpha value is -7.13. The van der Waals surface area contributed by atoms with E-state index in [1.54, 1.807) is 23.5 Å². The highest BCUT2D eigenvalue weighted by molar-refractivity contribution is 5.87. The fourth-order valence-electron chi connectivity index (χ4n) is 8.20. The first kappa shape index (κ1) is 39.7. The van der Waals surface area contributed by atoms with Crippen molar-refractivity contribution in [1.29, 1.82) is 0 Å². The van der Waals surface area contributed by atoms with Gasteiger partial charge in [-0.15, -0.1) is 0 Å². The van der Waals surface area contributed by atoms with E-state index in [-0.39, 0.29) is 23.9 Å². The maximum Gasteiger partial charge on any atom is 0.407 e. The largest absolute Gasteiger partial charge is 0.453 e. The highest BCUT2D eigenvalue weighted by atomic mass is 16.5. The third kappa shape index (κ3) is 8.38. The number of carbonyl (C=O) groups is 4. The van der Waals surface area contributed by atoms with Gasteiger partial charge in [0.1, 0.15) is 11.9 Å². The Bertz CT molecular complexity index is 2270. The van der Waals surface area contributed by atoms with E-state index in [4.69, 9.17) is 19.4 Å². The molecule has 3 aromatic heterocycles. The molecule has 0 aliphatic carbocycles. The average Bonchev–Trinajstić information content (AvgIpc) is 4.15. The van der Waals surface area contributed by atoms with E-state index in [1.165, 1.54) is 14.2 Å². The topological polar surface area (TPSA) is 189 Å². The molecule has 0 bridgehead atoms. The molecular formula is C45H46N9O6+. The van der Waals surface area contributed by atoms with Crippen LogP contribution in [0.3, 0.4) is 0 Å². The number of likely N-dealkylation sites (tertiary alicyclic amines) is 2. The number of nitrogens with zero attached hydrogens (tertiary/aromatic N) is 4. The minimum Gasteiger partial charge on any atom is -0.453 e. The van der Waals surface area contributed by atoms with Crippen LogP contribution in [0.2, 0.25) is 0 Å². The van der Waals surface area contributed by atoms with Gasteiger partial charge in [-0.1, -0.05) is 84.9 Å². The molecular weight excluding hydrogens is 763 g/mol. The molecule has 5 N–H and O–H groups in total. The standard InChI is InChI=1S/C45H45N9O6/c1-59-44(57)51-38(30-11-5-3-6-12-30)42(55)53-23-9-15-36(53)40-47-26-34(49-40)29-19-17-28(18-20-29)33-22-21-32(25-46-33)35-27-48-41(50-35)37-16-10-24-54(37)43(56)39(52-45(58)60-2)31-13-7-4-8-14-31/h3-8,11-14,17-22,25-27,36-39H,9-10,15-16,23-24H2,1-2H3,(H,47,49)(H,48,50)(H,51,57)(H,52,58)/p+1/t36?,37-,38+,39+/m0/s1. The van der Waals surface area contributed by atoms with Crippen molar-refractivity contribution in [3.8, 4) is 33.8 Å². The number of nitrogens with one attached hydrogen (secondary N) is 5. The summed E-state index contributed by atoms with van der Waals surface area (Å²) < 4.78 is 9.65. The van der Waals surface area contributed by atoms with E-state index >= 15 is 0 Å². The van der Waals surface area contributed by atoms with Crippen molar-refractivity contribution < 1.29 is 33.6 Å². The van der Waals surface area contributed by atoms with Gasteiger partial charge in [0.15, 0.2) is 17.9 Å². The first-order chi connectivity index (χ1) is 29.3. The van der Waals surface area contributed by atoms with Gasteiger partial charge in [-0.2, -0.15) is 0 Å². The van der Waals surface area contributed by atoms with Crippen LogP contribution < -0.4 is 15.5 Å². The number of aromatic amines is 2. The van der Waals surface area contributed by atoms with Gasteiger partial charge in [0.2, 0.25) is 0 Å². The number of imidazole rings is 2. The molecule has 2 aliphatic heterocycles. The van der Waals surface area contributed by atoms with E-state index in [2.05, 4.69) is 25.6 Å². The molecule has 0 spiro atoms. The quantitative estimate of drug-likeness (QED) is 0.111. The zero-order chi connectivity index (χ0) is 41.6. The predicted octanol–water partition coefficient (Wildman–Crippen LogP) is 5.63. The van der Waals surface area contributed by atoms with Gasteiger partial charge in [-0.25, -0.2) is 24.4 Å². The van der Waals surface area contributed by atoms with Crippen LogP contribution in [0.1, 0.15) is 72.6 Å². The number of rotatable bonds is 11. The third-order valence-corrected chi connectivity index (χ3v) is 11.3. The van der Waals surface area contributed by atoms with Crippen LogP contribution in [0.25, 0.3) is 33.8 Å². The Kier molecular flexibility index (Phi) is 11.8. The minimum atomic E-state index is -0.893. The Morgan fingerprint density at radius 2 is 1.25 bits per heavy atom. The van der Waals surface area contributed by atoms with Crippen LogP contribution in [0.5, 0.6) is 0 Å². The lowest BCUT2D eigenvalue weighted by atomic mass is 10.0. The number of aromatic nitrogens is 5. The number of benzene rings is 3. The van der Waals surface area contributed by atoms with Gasteiger partial charge >= 0.3 is 18.1 Å². The summed E-state index contributed by atoms with van der Waals surface area (Å²) in [5.41, 5.74) is 6.49. The molecule has 306 valence electrons. The van der Waals surface area contributed by atoms with Gasteiger partial charge < -0.3 is 35.0 Å². The minimum absolute atomic E-state index is 0.140. The molecule has 2 fully saturated rings.